The molecule has 0 saturated heterocycles. The van der Waals surface area contributed by atoms with Gasteiger partial charge in [0.2, 0.25) is 0 Å². The van der Waals surface area contributed by atoms with Crippen molar-refractivity contribution in [3.63, 3.8) is 0 Å². The van der Waals surface area contributed by atoms with E-state index in [0.29, 0.717) is 9.90 Å². The molecule has 0 aliphatic heterocycles. The third kappa shape index (κ3) is 1.42. The third-order valence-electron chi connectivity index (χ3n) is 3.67. The van der Waals surface area contributed by atoms with Gasteiger partial charge in [-0.25, -0.2) is 9.78 Å². The number of nitrogens with zero attached hydrogens (tertiary/aromatic N) is 2. The lowest BCUT2D eigenvalue weighted by atomic mass is 10.1. The number of thiazole rings is 1. The zero-order valence-electron chi connectivity index (χ0n) is 10.5. The van der Waals surface area contributed by atoms with Crippen molar-refractivity contribution in [3.8, 4) is 11.3 Å². The van der Waals surface area contributed by atoms with Crippen molar-refractivity contribution in [2.45, 2.75) is 13.3 Å². The second-order valence-electron chi connectivity index (χ2n) is 4.83. The van der Waals surface area contributed by atoms with Crippen LogP contribution in [0.1, 0.15) is 26.6 Å². The minimum absolute atomic E-state index is 0.351. The molecule has 100 valence electrons. The molecular weight excluding hydrogens is 296 g/mol. The first-order valence-electron chi connectivity index (χ1n) is 6.09. The maximum Gasteiger partial charge on any atom is 0.347 e. The lowest BCUT2D eigenvalue weighted by molar-refractivity contribution is 0.0701. The van der Waals surface area contributed by atoms with E-state index in [0.717, 1.165) is 39.6 Å². The average Bonchev–Trinajstić information content (AvgIpc) is 2.98. The van der Waals surface area contributed by atoms with E-state index in [4.69, 9.17) is 11.6 Å². The number of fused-ring (bicyclic) bond motifs is 5. The molecule has 4 nitrogen and oxygen atoms in total. The summed E-state index contributed by atoms with van der Waals surface area (Å²) in [5.41, 5.74) is 4.98. The highest BCUT2D eigenvalue weighted by Gasteiger charge is 2.28. The monoisotopic (exact) mass is 304 g/mol. The highest BCUT2D eigenvalue weighted by Crippen LogP contribution is 2.40. The Labute approximate surface area is 123 Å². The quantitative estimate of drug-likeness (QED) is 0.584. The number of aryl methyl sites for hydroxylation is 1. The Hall–Kier alpha value is -1.85. The minimum atomic E-state index is -0.898. The van der Waals surface area contributed by atoms with Gasteiger partial charge in [-0.05, 0) is 24.6 Å². The van der Waals surface area contributed by atoms with Crippen molar-refractivity contribution in [1.82, 2.24) is 9.38 Å². The van der Waals surface area contributed by atoms with Crippen LogP contribution in [-0.2, 0) is 6.42 Å². The smallest absolute Gasteiger partial charge is 0.347 e. The van der Waals surface area contributed by atoms with Crippen LogP contribution in [0.15, 0.2) is 18.2 Å². The van der Waals surface area contributed by atoms with E-state index in [2.05, 4.69) is 4.98 Å². The van der Waals surface area contributed by atoms with Gasteiger partial charge in [0.15, 0.2) is 4.96 Å². The van der Waals surface area contributed by atoms with Crippen LogP contribution < -0.4 is 0 Å². The van der Waals surface area contributed by atoms with Crippen molar-refractivity contribution in [1.29, 1.82) is 0 Å². The number of aromatic carboxylic acids is 1. The summed E-state index contributed by atoms with van der Waals surface area (Å²) in [4.78, 5) is 16.9. The Kier molecular flexibility index (Phi) is 2.29. The van der Waals surface area contributed by atoms with Gasteiger partial charge in [0.1, 0.15) is 4.88 Å². The second-order valence-corrected chi connectivity index (χ2v) is 6.24. The zero-order valence-corrected chi connectivity index (χ0v) is 12.0. The van der Waals surface area contributed by atoms with Crippen LogP contribution in [-0.4, -0.2) is 20.5 Å². The van der Waals surface area contributed by atoms with E-state index in [1.54, 1.807) is 0 Å². The van der Waals surface area contributed by atoms with Gasteiger partial charge in [0, 0.05) is 22.7 Å². The lowest BCUT2D eigenvalue weighted by Gasteiger charge is -1.99. The molecule has 2 heterocycles. The molecule has 6 heteroatoms. The Morgan fingerprint density at radius 1 is 1.50 bits per heavy atom. The lowest BCUT2D eigenvalue weighted by Crippen LogP contribution is -1.99. The summed E-state index contributed by atoms with van der Waals surface area (Å²) >= 11 is 7.25. The summed E-state index contributed by atoms with van der Waals surface area (Å²) in [6.07, 6.45) is 0.739. The van der Waals surface area contributed by atoms with Crippen LogP contribution >= 0.6 is 22.9 Å². The standard InChI is InChI=1S/C14H9ClN2O2S/c1-6-12(13(18)19)20-14-16-11-9-3-2-8(15)4-7(9)5-10(11)17(6)14/h2-4H,5H2,1H3,(H,18,19). The van der Waals surface area contributed by atoms with Gasteiger partial charge in [-0.1, -0.05) is 29.0 Å². The predicted octanol–water partition coefficient (Wildman–Crippen LogP) is 3.63. The van der Waals surface area contributed by atoms with Crippen LogP contribution in [0.5, 0.6) is 0 Å². The van der Waals surface area contributed by atoms with E-state index in [-0.39, 0.29) is 0 Å². The van der Waals surface area contributed by atoms with Crippen molar-refractivity contribution in [2.75, 3.05) is 0 Å². The summed E-state index contributed by atoms with van der Waals surface area (Å²) in [5, 5.41) is 9.91. The van der Waals surface area contributed by atoms with Crippen LogP contribution in [0.3, 0.4) is 0 Å². The number of hydrogen-bond acceptors (Lipinski definition) is 3. The fourth-order valence-electron chi connectivity index (χ4n) is 2.81. The van der Waals surface area contributed by atoms with E-state index in [9.17, 15) is 9.90 Å². The number of carbonyl (C=O) groups is 1. The number of imidazole rings is 1. The van der Waals surface area contributed by atoms with E-state index < -0.39 is 5.97 Å². The molecule has 1 aliphatic carbocycles. The zero-order chi connectivity index (χ0) is 14.0. The topological polar surface area (TPSA) is 54.6 Å². The normalized spacial score (nSPS) is 12.7. The number of aromatic nitrogens is 2. The van der Waals surface area contributed by atoms with Crippen LogP contribution in [0.25, 0.3) is 16.2 Å². The second kappa shape index (κ2) is 3.84. The SMILES string of the molecule is Cc1c(C(=O)O)sc2nc3c(n12)Cc1cc(Cl)ccc1-3. The molecule has 0 bridgehead atoms. The number of hydrogen-bond donors (Lipinski definition) is 1. The molecule has 3 aromatic rings. The molecule has 0 amide bonds. The van der Waals surface area contributed by atoms with Gasteiger partial charge in [-0.2, -0.15) is 0 Å². The number of benzene rings is 1. The van der Waals surface area contributed by atoms with Crippen molar-refractivity contribution >= 4 is 33.9 Å². The van der Waals surface area contributed by atoms with Crippen LogP contribution in [0.4, 0.5) is 0 Å². The first-order valence-corrected chi connectivity index (χ1v) is 7.28. The highest BCUT2D eigenvalue weighted by atomic mass is 35.5. The van der Waals surface area contributed by atoms with Crippen molar-refractivity contribution < 1.29 is 9.90 Å². The molecule has 0 atom stereocenters. The first kappa shape index (κ1) is 11.9. The maximum atomic E-state index is 11.2. The van der Waals surface area contributed by atoms with Gasteiger partial charge in [0.25, 0.3) is 0 Å². The molecule has 1 N–H and O–H groups in total. The Morgan fingerprint density at radius 3 is 3.05 bits per heavy atom. The molecule has 0 fully saturated rings. The summed E-state index contributed by atoms with van der Waals surface area (Å²) in [5.74, 6) is -0.898. The fraction of sp³-hybridized carbons (Fsp3) is 0.143. The van der Waals surface area contributed by atoms with Gasteiger partial charge in [-0.3, -0.25) is 4.40 Å². The van der Waals surface area contributed by atoms with Crippen LogP contribution in [0, 0.1) is 6.92 Å². The molecule has 0 spiro atoms. The predicted molar refractivity (Wildman–Crippen MR) is 78.0 cm³/mol. The molecular formula is C14H9ClN2O2S. The minimum Gasteiger partial charge on any atom is -0.477 e. The Morgan fingerprint density at radius 2 is 2.30 bits per heavy atom. The molecule has 4 rings (SSSR count). The molecule has 1 aliphatic rings. The first-order chi connectivity index (χ1) is 9.56. The molecule has 0 radical (unpaired) electrons. The van der Waals surface area contributed by atoms with Crippen molar-refractivity contribution in [2.24, 2.45) is 0 Å². The number of halogens is 1. The highest BCUT2D eigenvalue weighted by molar-refractivity contribution is 7.19. The number of rotatable bonds is 1. The van der Waals surface area contributed by atoms with E-state index in [1.165, 1.54) is 11.3 Å². The fourth-order valence-corrected chi connectivity index (χ4v) is 3.99. The summed E-state index contributed by atoms with van der Waals surface area (Å²) < 4.78 is 1.96. The van der Waals surface area contributed by atoms with Crippen LogP contribution in [0.2, 0.25) is 5.02 Å². The largest absolute Gasteiger partial charge is 0.477 e. The van der Waals surface area contributed by atoms with E-state index in [1.807, 2.05) is 29.5 Å². The number of carboxylic acids is 1. The van der Waals surface area contributed by atoms with E-state index >= 15 is 0 Å². The Balaban J connectivity index is 2.00. The molecule has 20 heavy (non-hydrogen) atoms. The molecule has 0 saturated carbocycles. The summed E-state index contributed by atoms with van der Waals surface area (Å²) in [6, 6.07) is 5.79. The summed E-state index contributed by atoms with van der Waals surface area (Å²) in [7, 11) is 0. The van der Waals surface area contributed by atoms with Gasteiger partial charge in [-0.15, -0.1) is 0 Å². The maximum absolute atomic E-state index is 11.2. The Bertz CT molecular complexity index is 894. The van der Waals surface area contributed by atoms with Gasteiger partial charge in [0.05, 0.1) is 11.4 Å². The molecule has 2 aromatic heterocycles. The number of carboxylic acid groups (broad SMARTS) is 1. The van der Waals surface area contributed by atoms with Gasteiger partial charge < -0.3 is 5.11 Å². The third-order valence-corrected chi connectivity index (χ3v) is 5.04. The molecule has 0 unspecified atom stereocenters. The summed E-state index contributed by atoms with van der Waals surface area (Å²) in [6.45, 7) is 1.82. The van der Waals surface area contributed by atoms with Crippen molar-refractivity contribution in [3.05, 3.63) is 45.1 Å². The van der Waals surface area contributed by atoms with Gasteiger partial charge >= 0.3 is 5.97 Å². The molecule has 1 aromatic carbocycles. The average molecular weight is 305 g/mol.